The van der Waals surface area contributed by atoms with Gasteiger partial charge in [0.25, 0.3) is 0 Å². The number of hydrogen-bond donors (Lipinski definition) is 0. The zero-order valence-corrected chi connectivity index (χ0v) is 12.8. The molecule has 18 heavy (non-hydrogen) atoms. The van der Waals surface area contributed by atoms with Crippen LogP contribution in [0.3, 0.4) is 0 Å². The molecule has 0 radical (unpaired) electrons. The molecule has 2 nitrogen and oxygen atoms in total. The topological polar surface area (TPSA) is 6.48 Å². The quantitative estimate of drug-likeness (QED) is 0.771. The van der Waals surface area contributed by atoms with Gasteiger partial charge in [-0.2, -0.15) is 0 Å². The number of alkyl halides is 2. The zero-order valence-electron chi connectivity index (χ0n) is 12.8. The van der Waals surface area contributed by atoms with Gasteiger partial charge in [-0.05, 0) is 20.4 Å². The van der Waals surface area contributed by atoms with E-state index >= 15 is 0 Å². The summed E-state index contributed by atoms with van der Waals surface area (Å²) >= 11 is 0. The van der Waals surface area contributed by atoms with Crippen molar-refractivity contribution in [2.24, 2.45) is 5.41 Å². The Kier molecular flexibility index (Phi) is 7.95. The van der Waals surface area contributed by atoms with Gasteiger partial charge in [-0.15, -0.1) is 0 Å². The maximum atomic E-state index is 13.2. The molecule has 110 valence electrons. The first-order valence-corrected chi connectivity index (χ1v) is 7.13. The third kappa shape index (κ3) is 4.81. The Labute approximate surface area is 111 Å². The van der Waals surface area contributed by atoms with E-state index in [1.54, 1.807) is 6.92 Å². The zero-order chi connectivity index (χ0) is 14.3. The first-order valence-electron chi connectivity index (χ1n) is 7.13. The first kappa shape index (κ1) is 17.8. The first-order chi connectivity index (χ1) is 8.39. The van der Waals surface area contributed by atoms with Gasteiger partial charge in [0.05, 0.1) is 5.41 Å². The molecule has 0 amide bonds. The van der Waals surface area contributed by atoms with Crippen molar-refractivity contribution in [2.75, 3.05) is 32.7 Å². The Bertz CT molecular complexity index is 222. The third-order valence-electron chi connectivity index (χ3n) is 3.56. The summed E-state index contributed by atoms with van der Waals surface area (Å²) in [5.41, 5.74) is -0.892. The molecule has 1 heterocycles. The lowest BCUT2D eigenvalue weighted by molar-refractivity contribution is -0.0244. The SMILES string of the molecule is CC.CCN1CCN(C(C)C)CC(C)(C(F)F)C1. The summed E-state index contributed by atoms with van der Waals surface area (Å²) in [5, 5.41) is 0. The molecule has 0 N–H and O–H groups in total. The lowest BCUT2D eigenvalue weighted by Gasteiger charge is -2.34. The van der Waals surface area contributed by atoms with Crippen LogP contribution in [0.2, 0.25) is 0 Å². The number of hydrogen-bond acceptors (Lipinski definition) is 2. The lowest BCUT2D eigenvalue weighted by atomic mass is 9.90. The van der Waals surface area contributed by atoms with Gasteiger partial charge in [-0.1, -0.05) is 27.7 Å². The van der Waals surface area contributed by atoms with Crippen LogP contribution < -0.4 is 0 Å². The Morgan fingerprint density at radius 1 is 1.11 bits per heavy atom. The van der Waals surface area contributed by atoms with Crippen molar-refractivity contribution >= 4 is 0 Å². The summed E-state index contributed by atoms with van der Waals surface area (Å²) in [6, 6.07) is 0.342. The number of nitrogens with zero attached hydrogens (tertiary/aromatic N) is 2. The molecule has 1 aliphatic heterocycles. The summed E-state index contributed by atoms with van der Waals surface area (Å²) in [6.45, 7) is 15.6. The highest BCUT2D eigenvalue weighted by Gasteiger charge is 2.40. The van der Waals surface area contributed by atoms with Gasteiger partial charge >= 0.3 is 0 Å². The van der Waals surface area contributed by atoms with Crippen molar-refractivity contribution < 1.29 is 8.78 Å². The minimum Gasteiger partial charge on any atom is -0.302 e. The van der Waals surface area contributed by atoms with Crippen molar-refractivity contribution in [3.05, 3.63) is 0 Å². The Hall–Kier alpha value is -0.220. The van der Waals surface area contributed by atoms with Crippen molar-refractivity contribution in [3.63, 3.8) is 0 Å². The van der Waals surface area contributed by atoms with Gasteiger partial charge in [-0.3, -0.25) is 4.90 Å². The van der Waals surface area contributed by atoms with Gasteiger partial charge in [0.15, 0.2) is 0 Å². The second-order valence-corrected chi connectivity index (χ2v) is 5.39. The summed E-state index contributed by atoms with van der Waals surface area (Å²) < 4.78 is 26.4. The van der Waals surface area contributed by atoms with Crippen LogP contribution in [0.25, 0.3) is 0 Å². The molecule has 0 spiro atoms. The van der Waals surface area contributed by atoms with Crippen LogP contribution in [0.1, 0.15) is 41.5 Å². The maximum Gasteiger partial charge on any atom is 0.246 e. The van der Waals surface area contributed by atoms with E-state index in [-0.39, 0.29) is 0 Å². The minimum absolute atomic E-state index is 0.342. The van der Waals surface area contributed by atoms with Gasteiger partial charge in [0, 0.05) is 32.2 Å². The maximum absolute atomic E-state index is 13.2. The summed E-state index contributed by atoms with van der Waals surface area (Å²) in [5.74, 6) is 0. The standard InChI is InChI=1S/C12H24F2N2.C2H6/c1-5-15-6-7-16(10(2)3)9-12(4,8-15)11(13)14;1-2/h10-11H,5-9H2,1-4H3;1-2H3. The fourth-order valence-electron chi connectivity index (χ4n) is 2.30. The van der Waals surface area contributed by atoms with Gasteiger partial charge in [0.2, 0.25) is 6.43 Å². The van der Waals surface area contributed by atoms with E-state index in [1.807, 2.05) is 20.8 Å². The van der Waals surface area contributed by atoms with Crippen LogP contribution in [-0.4, -0.2) is 55.0 Å². The van der Waals surface area contributed by atoms with Crippen LogP contribution in [0, 0.1) is 5.41 Å². The molecule has 4 heteroatoms. The fraction of sp³-hybridized carbons (Fsp3) is 1.00. The molecular weight excluding hydrogens is 234 g/mol. The van der Waals surface area contributed by atoms with Crippen molar-refractivity contribution in [3.8, 4) is 0 Å². The molecule has 0 aliphatic carbocycles. The summed E-state index contributed by atoms with van der Waals surface area (Å²) in [4.78, 5) is 4.30. The van der Waals surface area contributed by atoms with E-state index in [0.717, 1.165) is 19.6 Å². The Morgan fingerprint density at radius 3 is 2.06 bits per heavy atom. The van der Waals surface area contributed by atoms with Crippen molar-refractivity contribution in [1.82, 2.24) is 9.80 Å². The highest BCUT2D eigenvalue weighted by atomic mass is 19.3. The molecule has 1 fully saturated rings. The van der Waals surface area contributed by atoms with Crippen LogP contribution in [-0.2, 0) is 0 Å². The molecule has 0 aromatic heterocycles. The smallest absolute Gasteiger partial charge is 0.246 e. The Balaban J connectivity index is 0.00000137. The molecule has 0 saturated carbocycles. The van der Waals surface area contributed by atoms with E-state index in [2.05, 4.69) is 23.6 Å². The summed E-state index contributed by atoms with van der Waals surface area (Å²) in [7, 11) is 0. The highest BCUT2D eigenvalue weighted by Crippen LogP contribution is 2.30. The third-order valence-corrected chi connectivity index (χ3v) is 3.56. The second kappa shape index (κ2) is 8.05. The summed E-state index contributed by atoms with van der Waals surface area (Å²) in [6.07, 6.45) is -2.25. The van der Waals surface area contributed by atoms with Gasteiger partial charge < -0.3 is 4.90 Å². The highest BCUT2D eigenvalue weighted by molar-refractivity contribution is 4.88. The Morgan fingerprint density at radius 2 is 1.67 bits per heavy atom. The van der Waals surface area contributed by atoms with Crippen molar-refractivity contribution in [2.45, 2.75) is 54.0 Å². The van der Waals surface area contributed by atoms with E-state index in [4.69, 9.17) is 0 Å². The second-order valence-electron chi connectivity index (χ2n) is 5.39. The van der Waals surface area contributed by atoms with E-state index in [9.17, 15) is 8.78 Å². The van der Waals surface area contributed by atoms with E-state index in [0.29, 0.717) is 19.1 Å². The van der Waals surface area contributed by atoms with Crippen LogP contribution in [0.15, 0.2) is 0 Å². The molecule has 1 unspecified atom stereocenters. The predicted octanol–water partition coefficient (Wildman–Crippen LogP) is 3.33. The molecule has 0 bridgehead atoms. The van der Waals surface area contributed by atoms with Crippen LogP contribution in [0.4, 0.5) is 8.78 Å². The minimum atomic E-state index is -2.25. The molecule has 0 aromatic carbocycles. The number of rotatable bonds is 3. The van der Waals surface area contributed by atoms with Crippen molar-refractivity contribution in [1.29, 1.82) is 0 Å². The molecule has 1 atom stereocenters. The molecule has 1 aliphatic rings. The number of likely N-dealkylation sites (N-methyl/N-ethyl adjacent to an activating group) is 1. The van der Waals surface area contributed by atoms with Crippen LogP contribution >= 0.6 is 0 Å². The van der Waals surface area contributed by atoms with Gasteiger partial charge in [-0.25, -0.2) is 8.78 Å². The van der Waals surface area contributed by atoms with E-state index in [1.165, 1.54) is 0 Å². The molecule has 1 saturated heterocycles. The molecule has 0 aromatic rings. The molecular formula is C14H30F2N2. The monoisotopic (exact) mass is 264 g/mol. The normalized spacial score (nSPS) is 27.0. The molecule has 1 rings (SSSR count). The average molecular weight is 264 g/mol. The van der Waals surface area contributed by atoms with Crippen LogP contribution in [0.5, 0.6) is 0 Å². The van der Waals surface area contributed by atoms with E-state index < -0.39 is 11.8 Å². The fourth-order valence-corrected chi connectivity index (χ4v) is 2.30. The average Bonchev–Trinajstić information content (AvgIpc) is 2.52. The van der Waals surface area contributed by atoms with Gasteiger partial charge in [0.1, 0.15) is 0 Å². The predicted molar refractivity (Wildman–Crippen MR) is 74.3 cm³/mol. The number of halogens is 2. The largest absolute Gasteiger partial charge is 0.302 e. The lowest BCUT2D eigenvalue weighted by Crippen LogP contribution is -2.45.